The number of carbonyl (C=O) groups excluding carboxylic acids is 1. The fraction of sp³-hybridized carbons (Fsp3) is 0.625. The predicted molar refractivity (Wildman–Crippen MR) is 81.8 cm³/mol. The summed E-state index contributed by atoms with van der Waals surface area (Å²) in [5.41, 5.74) is 1.08. The molecule has 0 bridgehead atoms. The normalized spacial score (nSPS) is 19.0. The second kappa shape index (κ2) is 8.10. The van der Waals surface area contributed by atoms with Crippen molar-refractivity contribution in [3.8, 4) is 0 Å². The zero-order chi connectivity index (χ0) is 15.1. The highest BCUT2D eigenvalue weighted by molar-refractivity contribution is 5.77. The van der Waals surface area contributed by atoms with Crippen molar-refractivity contribution in [3.05, 3.63) is 30.1 Å². The van der Waals surface area contributed by atoms with Gasteiger partial charge in [0.25, 0.3) is 0 Å². The second-order valence-electron chi connectivity index (χ2n) is 5.81. The maximum Gasteiger partial charge on any atom is 0.225 e. The van der Waals surface area contributed by atoms with Gasteiger partial charge in [0.1, 0.15) is 0 Å². The molecule has 0 aliphatic carbocycles. The molecule has 0 aromatic carbocycles. The van der Waals surface area contributed by atoms with Gasteiger partial charge in [0.2, 0.25) is 5.91 Å². The van der Waals surface area contributed by atoms with Crippen molar-refractivity contribution in [1.82, 2.24) is 15.2 Å². The summed E-state index contributed by atoms with van der Waals surface area (Å²) in [6, 6.07) is 4.02. The summed E-state index contributed by atoms with van der Waals surface area (Å²) >= 11 is 0. The number of carbonyl (C=O) groups is 1. The Labute approximate surface area is 126 Å². The standard InChI is InChI=1S/C16H25N3O2/c1-13(2)12-21-9-5-16(20)19-8-7-18-11-15(19)14-4-3-6-17-10-14/h3-4,6,10,13,15,18H,5,7-9,11-12H2,1-2H3. The Kier molecular flexibility index (Phi) is 6.14. The summed E-state index contributed by atoms with van der Waals surface area (Å²) in [5.74, 6) is 0.663. The number of aromatic nitrogens is 1. The Morgan fingerprint density at radius 3 is 3.14 bits per heavy atom. The van der Waals surface area contributed by atoms with Crippen molar-refractivity contribution < 1.29 is 9.53 Å². The van der Waals surface area contributed by atoms with E-state index in [2.05, 4.69) is 24.1 Å². The van der Waals surface area contributed by atoms with Crippen LogP contribution in [0.2, 0.25) is 0 Å². The summed E-state index contributed by atoms with van der Waals surface area (Å²) < 4.78 is 5.52. The number of pyridine rings is 1. The first-order valence-electron chi connectivity index (χ1n) is 7.66. The van der Waals surface area contributed by atoms with Gasteiger partial charge in [0, 0.05) is 38.6 Å². The molecule has 1 fully saturated rings. The molecule has 1 atom stereocenters. The first-order chi connectivity index (χ1) is 10.2. The van der Waals surface area contributed by atoms with Crippen molar-refractivity contribution in [2.45, 2.75) is 26.3 Å². The fourth-order valence-electron chi connectivity index (χ4n) is 2.50. The number of amides is 1. The number of hydrogen-bond acceptors (Lipinski definition) is 4. The largest absolute Gasteiger partial charge is 0.381 e. The zero-order valence-electron chi connectivity index (χ0n) is 12.9. The zero-order valence-corrected chi connectivity index (χ0v) is 12.9. The second-order valence-corrected chi connectivity index (χ2v) is 5.81. The van der Waals surface area contributed by atoms with Crippen molar-refractivity contribution in [3.63, 3.8) is 0 Å². The lowest BCUT2D eigenvalue weighted by Gasteiger charge is -2.36. The lowest BCUT2D eigenvalue weighted by Crippen LogP contribution is -2.48. The Morgan fingerprint density at radius 1 is 1.57 bits per heavy atom. The monoisotopic (exact) mass is 291 g/mol. The number of nitrogens with one attached hydrogen (secondary N) is 1. The lowest BCUT2D eigenvalue weighted by atomic mass is 10.0. The van der Waals surface area contributed by atoms with E-state index >= 15 is 0 Å². The van der Waals surface area contributed by atoms with E-state index in [0.717, 1.165) is 25.2 Å². The molecule has 2 rings (SSSR count). The molecule has 5 heteroatoms. The van der Waals surface area contributed by atoms with E-state index in [9.17, 15) is 4.79 Å². The van der Waals surface area contributed by atoms with Gasteiger partial charge in [-0.3, -0.25) is 9.78 Å². The molecule has 1 aromatic heterocycles. The third kappa shape index (κ3) is 4.79. The average Bonchev–Trinajstić information content (AvgIpc) is 2.52. The molecular weight excluding hydrogens is 266 g/mol. The molecule has 1 saturated heterocycles. The molecule has 0 saturated carbocycles. The van der Waals surface area contributed by atoms with Crippen molar-refractivity contribution >= 4 is 5.91 Å². The maximum atomic E-state index is 12.4. The SMILES string of the molecule is CC(C)COCCC(=O)N1CCNCC1c1cccnc1. The fourth-order valence-corrected chi connectivity index (χ4v) is 2.50. The molecule has 1 aliphatic heterocycles. The maximum absolute atomic E-state index is 12.4. The van der Waals surface area contributed by atoms with Crippen LogP contribution in [-0.4, -0.2) is 48.6 Å². The molecule has 5 nitrogen and oxygen atoms in total. The molecule has 2 heterocycles. The van der Waals surface area contributed by atoms with Crippen LogP contribution in [0, 0.1) is 5.92 Å². The summed E-state index contributed by atoms with van der Waals surface area (Å²) in [7, 11) is 0. The van der Waals surface area contributed by atoms with E-state index in [1.807, 2.05) is 23.2 Å². The summed E-state index contributed by atoms with van der Waals surface area (Å²) in [4.78, 5) is 18.5. The number of ether oxygens (including phenoxy) is 1. The smallest absolute Gasteiger partial charge is 0.225 e. The quantitative estimate of drug-likeness (QED) is 0.809. The van der Waals surface area contributed by atoms with Crippen molar-refractivity contribution in [2.75, 3.05) is 32.8 Å². The molecule has 1 aromatic rings. The topological polar surface area (TPSA) is 54.5 Å². The van der Waals surface area contributed by atoms with Crippen LogP contribution in [0.1, 0.15) is 31.9 Å². The van der Waals surface area contributed by atoms with E-state index in [-0.39, 0.29) is 11.9 Å². The van der Waals surface area contributed by atoms with Crippen LogP contribution in [0.15, 0.2) is 24.5 Å². The highest BCUT2D eigenvalue weighted by Crippen LogP contribution is 2.22. The molecule has 1 aliphatic rings. The van der Waals surface area contributed by atoms with Crippen molar-refractivity contribution in [1.29, 1.82) is 0 Å². The highest BCUT2D eigenvalue weighted by Gasteiger charge is 2.27. The molecule has 116 valence electrons. The van der Waals surface area contributed by atoms with Gasteiger partial charge >= 0.3 is 0 Å². The highest BCUT2D eigenvalue weighted by atomic mass is 16.5. The lowest BCUT2D eigenvalue weighted by molar-refractivity contribution is -0.135. The van der Waals surface area contributed by atoms with Gasteiger partial charge in [-0.1, -0.05) is 19.9 Å². The molecular formula is C16H25N3O2. The molecule has 1 N–H and O–H groups in total. The van der Waals surface area contributed by atoms with Gasteiger partial charge in [0.05, 0.1) is 19.1 Å². The van der Waals surface area contributed by atoms with Crippen LogP contribution in [0.3, 0.4) is 0 Å². The number of rotatable bonds is 6. The van der Waals surface area contributed by atoms with Gasteiger partial charge in [-0.05, 0) is 17.5 Å². The van der Waals surface area contributed by atoms with Gasteiger partial charge in [-0.15, -0.1) is 0 Å². The number of hydrogen-bond donors (Lipinski definition) is 1. The minimum Gasteiger partial charge on any atom is -0.381 e. The minimum absolute atomic E-state index is 0.0741. The minimum atomic E-state index is 0.0741. The molecule has 21 heavy (non-hydrogen) atoms. The van der Waals surface area contributed by atoms with Crippen LogP contribution >= 0.6 is 0 Å². The van der Waals surface area contributed by atoms with E-state index in [0.29, 0.717) is 25.6 Å². The van der Waals surface area contributed by atoms with Gasteiger partial charge < -0.3 is 15.0 Å². The predicted octanol–water partition coefficient (Wildman–Crippen LogP) is 1.62. The van der Waals surface area contributed by atoms with Crippen LogP contribution < -0.4 is 5.32 Å². The third-order valence-corrected chi connectivity index (χ3v) is 3.54. The first-order valence-corrected chi connectivity index (χ1v) is 7.66. The van der Waals surface area contributed by atoms with Crippen LogP contribution in [-0.2, 0) is 9.53 Å². The van der Waals surface area contributed by atoms with Crippen molar-refractivity contribution in [2.24, 2.45) is 5.92 Å². The first kappa shape index (κ1) is 15.9. The molecule has 0 radical (unpaired) electrons. The molecule has 0 spiro atoms. The molecule has 1 unspecified atom stereocenters. The van der Waals surface area contributed by atoms with Crippen LogP contribution in [0.4, 0.5) is 0 Å². The van der Waals surface area contributed by atoms with E-state index in [1.165, 1.54) is 0 Å². The van der Waals surface area contributed by atoms with E-state index < -0.39 is 0 Å². The van der Waals surface area contributed by atoms with Crippen LogP contribution in [0.25, 0.3) is 0 Å². The Morgan fingerprint density at radius 2 is 2.43 bits per heavy atom. The number of piperazine rings is 1. The molecule has 1 amide bonds. The Bertz CT molecular complexity index is 436. The van der Waals surface area contributed by atoms with Crippen LogP contribution in [0.5, 0.6) is 0 Å². The van der Waals surface area contributed by atoms with E-state index in [4.69, 9.17) is 4.74 Å². The van der Waals surface area contributed by atoms with E-state index in [1.54, 1.807) is 6.20 Å². The number of nitrogens with zero attached hydrogens (tertiary/aromatic N) is 2. The Hall–Kier alpha value is -1.46. The third-order valence-electron chi connectivity index (χ3n) is 3.54. The van der Waals surface area contributed by atoms with Gasteiger partial charge in [-0.25, -0.2) is 0 Å². The summed E-state index contributed by atoms with van der Waals surface area (Å²) in [6.45, 7) is 7.79. The Balaban J connectivity index is 1.91. The summed E-state index contributed by atoms with van der Waals surface area (Å²) in [5, 5.41) is 3.35. The average molecular weight is 291 g/mol. The van der Waals surface area contributed by atoms with Gasteiger partial charge in [-0.2, -0.15) is 0 Å². The summed E-state index contributed by atoms with van der Waals surface area (Å²) in [6.07, 6.45) is 4.04. The van der Waals surface area contributed by atoms with Gasteiger partial charge in [0.15, 0.2) is 0 Å².